The SMILES string of the molecule is CCCC(Br)c1nc(C)cs1. The highest BCUT2D eigenvalue weighted by molar-refractivity contribution is 9.09. The van der Waals surface area contributed by atoms with Gasteiger partial charge < -0.3 is 0 Å². The Kier molecular flexibility index (Phi) is 3.52. The van der Waals surface area contributed by atoms with E-state index < -0.39 is 0 Å². The molecule has 0 N–H and O–H groups in total. The van der Waals surface area contributed by atoms with Crippen LogP contribution in [-0.4, -0.2) is 4.98 Å². The van der Waals surface area contributed by atoms with Gasteiger partial charge in [-0.1, -0.05) is 29.3 Å². The number of thiazole rings is 1. The highest BCUT2D eigenvalue weighted by atomic mass is 79.9. The van der Waals surface area contributed by atoms with Crippen molar-refractivity contribution < 1.29 is 0 Å². The van der Waals surface area contributed by atoms with Gasteiger partial charge in [-0.15, -0.1) is 11.3 Å². The number of aromatic nitrogens is 1. The summed E-state index contributed by atoms with van der Waals surface area (Å²) in [6.07, 6.45) is 2.38. The molecule has 3 heteroatoms. The zero-order valence-electron chi connectivity index (χ0n) is 6.80. The molecule has 0 radical (unpaired) electrons. The Morgan fingerprint density at radius 2 is 2.45 bits per heavy atom. The van der Waals surface area contributed by atoms with Gasteiger partial charge in [0.25, 0.3) is 0 Å². The summed E-state index contributed by atoms with van der Waals surface area (Å²) in [7, 11) is 0. The number of rotatable bonds is 3. The fraction of sp³-hybridized carbons (Fsp3) is 0.625. The van der Waals surface area contributed by atoms with Gasteiger partial charge in [0.05, 0.1) is 4.83 Å². The van der Waals surface area contributed by atoms with Crippen molar-refractivity contribution >= 4 is 27.3 Å². The van der Waals surface area contributed by atoms with Crippen molar-refractivity contribution in [1.82, 2.24) is 4.98 Å². The fourth-order valence-electron chi connectivity index (χ4n) is 0.893. The number of nitrogens with zero attached hydrogens (tertiary/aromatic N) is 1. The van der Waals surface area contributed by atoms with E-state index >= 15 is 0 Å². The molecule has 0 spiro atoms. The van der Waals surface area contributed by atoms with Crippen molar-refractivity contribution in [3.63, 3.8) is 0 Å². The van der Waals surface area contributed by atoms with Crippen molar-refractivity contribution in [2.24, 2.45) is 0 Å². The second kappa shape index (κ2) is 4.21. The Bertz CT molecular complexity index is 222. The topological polar surface area (TPSA) is 12.9 Å². The van der Waals surface area contributed by atoms with E-state index in [2.05, 4.69) is 33.2 Å². The lowest BCUT2D eigenvalue weighted by molar-refractivity contribution is 0.781. The predicted octanol–water partition coefficient (Wildman–Crippen LogP) is 3.69. The Labute approximate surface area is 80.0 Å². The van der Waals surface area contributed by atoms with Gasteiger partial charge in [-0.25, -0.2) is 4.98 Å². The monoisotopic (exact) mass is 233 g/mol. The minimum absolute atomic E-state index is 0.464. The Hall–Kier alpha value is 0.110. The molecule has 0 fully saturated rings. The van der Waals surface area contributed by atoms with Crippen LogP contribution in [0.15, 0.2) is 5.38 Å². The smallest absolute Gasteiger partial charge is 0.106 e. The molecule has 62 valence electrons. The first-order valence-corrected chi connectivity index (χ1v) is 5.59. The van der Waals surface area contributed by atoms with Gasteiger partial charge in [0, 0.05) is 11.1 Å². The van der Waals surface area contributed by atoms with Gasteiger partial charge in [-0.3, -0.25) is 0 Å². The van der Waals surface area contributed by atoms with Crippen LogP contribution in [-0.2, 0) is 0 Å². The van der Waals surface area contributed by atoms with Gasteiger partial charge in [-0.05, 0) is 13.3 Å². The zero-order chi connectivity index (χ0) is 8.27. The number of hydrogen-bond donors (Lipinski definition) is 0. The van der Waals surface area contributed by atoms with Crippen molar-refractivity contribution in [2.45, 2.75) is 31.5 Å². The molecule has 1 rings (SSSR count). The summed E-state index contributed by atoms with van der Waals surface area (Å²) in [6.45, 7) is 4.22. The highest BCUT2D eigenvalue weighted by Crippen LogP contribution is 2.29. The lowest BCUT2D eigenvalue weighted by Gasteiger charge is -2.01. The molecular formula is C8H12BrNS. The molecule has 11 heavy (non-hydrogen) atoms. The summed E-state index contributed by atoms with van der Waals surface area (Å²) in [5.74, 6) is 0. The fourth-order valence-corrected chi connectivity index (χ4v) is 2.58. The van der Waals surface area contributed by atoms with E-state index in [0.717, 1.165) is 5.69 Å². The average molecular weight is 234 g/mol. The summed E-state index contributed by atoms with van der Waals surface area (Å²) in [6, 6.07) is 0. The van der Waals surface area contributed by atoms with E-state index in [1.807, 2.05) is 6.92 Å². The quantitative estimate of drug-likeness (QED) is 0.727. The molecule has 0 saturated heterocycles. The van der Waals surface area contributed by atoms with Crippen LogP contribution in [0.3, 0.4) is 0 Å². The molecule has 0 aliphatic rings. The molecule has 0 saturated carbocycles. The van der Waals surface area contributed by atoms with Crippen molar-refractivity contribution in [3.05, 3.63) is 16.1 Å². The number of halogens is 1. The van der Waals surface area contributed by atoms with Gasteiger partial charge >= 0.3 is 0 Å². The third kappa shape index (κ3) is 2.56. The van der Waals surface area contributed by atoms with Crippen LogP contribution in [0, 0.1) is 6.92 Å². The second-order valence-corrected chi connectivity index (χ2v) is 4.58. The minimum atomic E-state index is 0.464. The first-order chi connectivity index (χ1) is 5.24. The molecule has 0 bridgehead atoms. The minimum Gasteiger partial charge on any atom is -0.245 e. The standard InChI is InChI=1S/C8H12BrNS/c1-3-4-7(9)8-10-6(2)5-11-8/h5,7H,3-4H2,1-2H3. The first kappa shape index (κ1) is 9.20. The third-order valence-corrected chi connectivity index (χ3v) is 3.72. The van der Waals surface area contributed by atoms with Crippen LogP contribution in [0.1, 0.15) is 35.3 Å². The second-order valence-electron chi connectivity index (χ2n) is 2.58. The van der Waals surface area contributed by atoms with E-state index in [1.54, 1.807) is 11.3 Å². The van der Waals surface area contributed by atoms with Crippen LogP contribution in [0.25, 0.3) is 0 Å². The Balaban J connectivity index is 2.60. The van der Waals surface area contributed by atoms with Crippen molar-refractivity contribution in [3.8, 4) is 0 Å². The maximum atomic E-state index is 4.40. The normalized spacial score (nSPS) is 13.4. The third-order valence-electron chi connectivity index (χ3n) is 1.45. The maximum Gasteiger partial charge on any atom is 0.106 e. The van der Waals surface area contributed by atoms with Gasteiger partial charge in [0.1, 0.15) is 5.01 Å². The molecule has 0 aliphatic heterocycles. The van der Waals surface area contributed by atoms with E-state index in [0.29, 0.717) is 4.83 Å². The van der Waals surface area contributed by atoms with E-state index in [9.17, 15) is 0 Å². The largest absolute Gasteiger partial charge is 0.245 e. The average Bonchev–Trinajstić information content (AvgIpc) is 2.36. The Morgan fingerprint density at radius 3 is 2.91 bits per heavy atom. The Morgan fingerprint density at radius 1 is 1.73 bits per heavy atom. The van der Waals surface area contributed by atoms with Gasteiger partial charge in [0.15, 0.2) is 0 Å². The first-order valence-electron chi connectivity index (χ1n) is 3.80. The molecular weight excluding hydrogens is 222 g/mol. The van der Waals surface area contributed by atoms with Crippen LogP contribution >= 0.6 is 27.3 Å². The van der Waals surface area contributed by atoms with Crippen molar-refractivity contribution in [2.75, 3.05) is 0 Å². The number of hydrogen-bond acceptors (Lipinski definition) is 2. The van der Waals surface area contributed by atoms with E-state index in [1.165, 1.54) is 17.8 Å². The summed E-state index contributed by atoms with van der Waals surface area (Å²) in [5.41, 5.74) is 1.13. The summed E-state index contributed by atoms with van der Waals surface area (Å²) >= 11 is 5.35. The van der Waals surface area contributed by atoms with Gasteiger partial charge in [-0.2, -0.15) is 0 Å². The predicted molar refractivity (Wildman–Crippen MR) is 53.4 cm³/mol. The van der Waals surface area contributed by atoms with E-state index in [-0.39, 0.29) is 0 Å². The van der Waals surface area contributed by atoms with Crippen LogP contribution in [0.4, 0.5) is 0 Å². The van der Waals surface area contributed by atoms with E-state index in [4.69, 9.17) is 0 Å². The molecule has 0 aromatic carbocycles. The molecule has 1 nitrogen and oxygen atoms in total. The lowest BCUT2D eigenvalue weighted by atomic mass is 10.3. The molecule has 1 aromatic heterocycles. The highest BCUT2D eigenvalue weighted by Gasteiger charge is 2.08. The molecule has 0 aliphatic carbocycles. The molecule has 1 aromatic rings. The maximum absolute atomic E-state index is 4.40. The van der Waals surface area contributed by atoms with Crippen molar-refractivity contribution in [1.29, 1.82) is 0 Å². The molecule has 1 heterocycles. The zero-order valence-corrected chi connectivity index (χ0v) is 9.20. The van der Waals surface area contributed by atoms with Crippen LogP contribution < -0.4 is 0 Å². The van der Waals surface area contributed by atoms with Crippen LogP contribution in [0.2, 0.25) is 0 Å². The number of alkyl halides is 1. The number of aryl methyl sites for hydroxylation is 1. The van der Waals surface area contributed by atoms with Crippen LogP contribution in [0.5, 0.6) is 0 Å². The summed E-state index contributed by atoms with van der Waals surface area (Å²) in [4.78, 5) is 4.86. The van der Waals surface area contributed by atoms with Gasteiger partial charge in [0.2, 0.25) is 0 Å². The summed E-state index contributed by atoms with van der Waals surface area (Å²) in [5, 5.41) is 3.31. The molecule has 1 unspecified atom stereocenters. The summed E-state index contributed by atoms with van der Waals surface area (Å²) < 4.78 is 0. The molecule has 0 amide bonds. The molecule has 1 atom stereocenters. The lowest BCUT2D eigenvalue weighted by Crippen LogP contribution is -1.87.